The first kappa shape index (κ1) is 53.8. The van der Waals surface area contributed by atoms with E-state index in [9.17, 15) is 20.1 Å². The van der Waals surface area contributed by atoms with Crippen molar-refractivity contribution in [2.75, 3.05) is 6.61 Å². The number of hydrogen-bond acceptors (Lipinski definition) is 4. The normalized spacial score (nSPS) is 13.6. The number of aliphatic hydroxyl groups excluding tert-OH is 3. The van der Waals surface area contributed by atoms with Gasteiger partial charge in [-0.2, -0.15) is 0 Å². The summed E-state index contributed by atoms with van der Waals surface area (Å²) in [6.45, 7) is 4.22. The monoisotopic (exact) mass is 776 g/mol. The van der Waals surface area contributed by atoms with Crippen LogP contribution in [0, 0.1) is 0 Å². The second-order valence-corrected chi connectivity index (χ2v) is 17.1. The lowest BCUT2D eigenvalue weighted by atomic mass is 10.0. The van der Waals surface area contributed by atoms with Crippen molar-refractivity contribution < 1.29 is 20.1 Å². The largest absolute Gasteiger partial charge is 0.394 e. The maximum Gasteiger partial charge on any atom is 0.222 e. The van der Waals surface area contributed by atoms with E-state index in [1.807, 2.05) is 6.08 Å². The van der Waals surface area contributed by atoms with Gasteiger partial charge in [0.05, 0.1) is 31.3 Å². The Hall–Kier alpha value is -1.17. The van der Waals surface area contributed by atoms with Gasteiger partial charge in [0, 0.05) is 0 Å². The average molecular weight is 776 g/mol. The molecule has 5 heteroatoms. The van der Waals surface area contributed by atoms with Crippen LogP contribution in [0.4, 0.5) is 0 Å². The fourth-order valence-electron chi connectivity index (χ4n) is 7.71. The molecule has 0 aromatic rings. The highest BCUT2D eigenvalue weighted by molar-refractivity contribution is 5.76. The topological polar surface area (TPSA) is 89.8 Å². The summed E-state index contributed by atoms with van der Waals surface area (Å²) in [5, 5.41) is 33.3. The van der Waals surface area contributed by atoms with Gasteiger partial charge in [0.1, 0.15) is 0 Å². The van der Waals surface area contributed by atoms with Crippen LogP contribution in [0.5, 0.6) is 0 Å². The third kappa shape index (κ3) is 42.3. The van der Waals surface area contributed by atoms with Crippen LogP contribution in [-0.4, -0.2) is 46.1 Å². The molecular weight excluding hydrogens is 679 g/mol. The molecule has 55 heavy (non-hydrogen) atoms. The first-order chi connectivity index (χ1) is 27.0. The van der Waals surface area contributed by atoms with Gasteiger partial charge in [-0.15, -0.1) is 0 Å². The van der Waals surface area contributed by atoms with Crippen molar-refractivity contribution >= 4 is 5.91 Å². The molecule has 0 rings (SSSR count). The molecule has 0 heterocycles. The first-order valence-corrected chi connectivity index (χ1v) is 24.6. The second-order valence-electron chi connectivity index (χ2n) is 17.1. The number of allylic oxidation sites excluding steroid dienone is 3. The van der Waals surface area contributed by atoms with E-state index in [-0.39, 0.29) is 18.9 Å². The molecule has 0 bridgehead atoms. The molecule has 5 nitrogen and oxygen atoms in total. The van der Waals surface area contributed by atoms with Crippen molar-refractivity contribution in [3.05, 3.63) is 24.3 Å². The number of amides is 1. The van der Waals surface area contributed by atoms with Crippen molar-refractivity contribution in [1.29, 1.82) is 0 Å². The summed E-state index contributed by atoms with van der Waals surface area (Å²) in [5.41, 5.74) is 0. The zero-order valence-corrected chi connectivity index (χ0v) is 37.1. The Morgan fingerprint density at radius 2 is 0.782 bits per heavy atom. The summed E-state index contributed by atoms with van der Waals surface area (Å²) in [6, 6.07) is -0.758. The van der Waals surface area contributed by atoms with Gasteiger partial charge < -0.3 is 20.6 Å². The zero-order valence-electron chi connectivity index (χ0n) is 37.1. The van der Waals surface area contributed by atoms with Crippen LogP contribution in [0.3, 0.4) is 0 Å². The van der Waals surface area contributed by atoms with Crippen molar-refractivity contribution in [1.82, 2.24) is 5.32 Å². The van der Waals surface area contributed by atoms with E-state index >= 15 is 0 Å². The lowest BCUT2D eigenvalue weighted by Crippen LogP contribution is -2.45. The molecule has 0 saturated heterocycles. The summed E-state index contributed by atoms with van der Waals surface area (Å²) >= 11 is 0. The number of hydrogen-bond donors (Lipinski definition) is 4. The molecule has 0 fully saturated rings. The quantitative estimate of drug-likeness (QED) is 0.0366. The molecule has 0 aliphatic carbocycles. The minimum absolute atomic E-state index is 0.0101. The Kier molecular flexibility index (Phi) is 44.6. The lowest BCUT2D eigenvalue weighted by Gasteiger charge is -2.21. The van der Waals surface area contributed by atoms with Crippen LogP contribution in [0.2, 0.25) is 0 Å². The number of carbonyl (C=O) groups is 1. The molecule has 0 aliphatic rings. The zero-order chi connectivity index (χ0) is 40.1. The van der Waals surface area contributed by atoms with E-state index in [1.54, 1.807) is 6.08 Å². The number of carbonyl (C=O) groups excluding carboxylic acids is 1. The van der Waals surface area contributed by atoms with E-state index in [1.165, 1.54) is 205 Å². The Bertz CT molecular complexity index is 814. The van der Waals surface area contributed by atoms with Crippen LogP contribution >= 0.6 is 0 Å². The molecule has 0 radical (unpaired) electrons. The number of aliphatic hydroxyl groups is 3. The van der Waals surface area contributed by atoms with Gasteiger partial charge in [-0.25, -0.2) is 0 Å². The lowest BCUT2D eigenvalue weighted by molar-refractivity contribution is -0.124. The molecule has 4 N–H and O–H groups in total. The van der Waals surface area contributed by atoms with E-state index in [0.717, 1.165) is 32.1 Å². The van der Waals surface area contributed by atoms with Gasteiger partial charge in [-0.3, -0.25) is 4.79 Å². The van der Waals surface area contributed by atoms with Crippen LogP contribution < -0.4 is 5.32 Å². The first-order valence-electron chi connectivity index (χ1n) is 24.6. The van der Waals surface area contributed by atoms with E-state index in [4.69, 9.17) is 0 Å². The Morgan fingerprint density at radius 3 is 1.16 bits per heavy atom. The second kappa shape index (κ2) is 45.5. The molecule has 0 aromatic heterocycles. The third-order valence-electron chi connectivity index (χ3n) is 11.5. The summed E-state index contributed by atoms with van der Waals surface area (Å²) in [4.78, 5) is 12.5. The van der Waals surface area contributed by atoms with Gasteiger partial charge >= 0.3 is 0 Å². The van der Waals surface area contributed by atoms with Gasteiger partial charge in [0.2, 0.25) is 5.91 Å². The van der Waals surface area contributed by atoms with Gasteiger partial charge in [0.15, 0.2) is 0 Å². The van der Waals surface area contributed by atoms with Crippen LogP contribution in [0.25, 0.3) is 0 Å². The number of nitrogens with one attached hydrogen (secondary N) is 1. The summed E-state index contributed by atoms with van der Waals surface area (Å²) in [6.07, 6.45) is 56.3. The van der Waals surface area contributed by atoms with Crippen molar-refractivity contribution in [2.24, 2.45) is 0 Å². The molecule has 326 valence electrons. The fraction of sp³-hybridized carbons (Fsp3) is 0.900. The molecule has 0 aromatic carbocycles. The third-order valence-corrected chi connectivity index (χ3v) is 11.5. The number of unbranched alkanes of at least 4 members (excludes halogenated alkanes) is 34. The Balaban J connectivity index is 3.60. The van der Waals surface area contributed by atoms with Crippen molar-refractivity contribution in [3.63, 3.8) is 0 Å². The van der Waals surface area contributed by atoms with Gasteiger partial charge in [-0.1, -0.05) is 250 Å². The maximum atomic E-state index is 12.5. The summed E-state index contributed by atoms with van der Waals surface area (Å²) in [5.74, 6) is -0.321. The Morgan fingerprint density at radius 1 is 0.455 bits per heavy atom. The maximum absolute atomic E-state index is 12.5. The Labute approximate surface area is 343 Å². The molecule has 0 spiro atoms. The average Bonchev–Trinajstić information content (AvgIpc) is 3.18. The molecule has 0 aliphatic heterocycles. The highest BCUT2D eigenvalue weighted by Gasteiger charge is 2.20. The minimum atomic E-state index is -0.948. The van der Waals surface area contributed by atoms with Gasteiger partial charge in [0.25, 0.3) is 0 Å². The highest BCUT2D eigenvalue weighted by Crippen LogP contribution is 2.17. The smallest absolute Gasteiger partial charge is 0.222 e. The fourth-order valence-corrected chi connectivity index (χ4v) is 7.71. The van der Waals surface area contributed by atoms with Crippen LogP contribution in [0.15, 0.2) is 24.3 Å². The highest BCUT2D eigenvalue weighted by atomic mass is 16.3. The minimum Gasteiger partial charge on any atom is -0.394 e. The summed E-state index contributed by atoms with van der Waals surface area (Å²) in [7, 11) is 0. The van der Waals surface area contributed by atoms with Crippen LogP contribution in [0.1, 0.15) is 264 Å². The van der Waals surface area contributed by atoms with E-state index < -0.39 is 18.2 Å². The van der Waals surface area contributed by atoms with E-state index in [0.29, 0.717) is 6.42 Å². The predicted molar refractivity (Wildman–Crippen MR) is 241 cm³/mol. The molecule has 3 unspecified atom stereocenters. The van der Waals surface area contributed by atoms with Crippen molar-refractivity contribution in [2.45, 2.75) is 283 Å². The molecule has 3 atom stereocenters. The SMILES string of the molecule is CCCCCCCCCCCC/C=C/CC/C=C/C(O)C(CO)NC(=O)CC(O)CCCCCCCCCCCCCCCCCCCCCCCCCC. The molecular formula is C50H97NO4. The van der Waals surface area contributed by atoms with Crippen molar-refractivity contribution in [3.8, 4) is 0 Å². The number of rotatable bonds is 45. The van der Waals surface area contributed by atoms with Crippen LogP contribution in [-0.2, 0) is 4.79 Å². The standard InChI is InChI=1S/C50H97NO4/c1-3-5-7-9-11-13-15-17-19-21-22-23-24-25-26-27-28-29-31-33-35-37-39-41-43-47(53)45-50(55)51-48(46-52)49(54)44-42-40-38-36-34-32-30-20-18-16-14-12-10-8-6-4-2/h34,36,42,44,47-49,52-54H,3-33,35,37-41,43,45-46H2,1-2H3,(H,51,55)/b36-34+,44-42+. The van der Waals surface area contributed by atoms with Gasteiger partial charge in [-0.05, 0) is 32.1 Å². The van der Waals surface area contributed by atoms with E-state index in [2.05, 4.69) is 31.3 Å². The molecule has 0 saturated carbocycles. The summed E-state index contributed by atoms with van der Waals surface area (Å²) < 4.78 is 0. The predicted octanol–water partition coefficient (Wildman–Crippen LogP) is 14.6. The molecule has 1 amide bonds.